The summed E-state index contributed by atoms with van der Waals surface area (Å²) in [5.41, 5.74) is 1.23. The Morgan fingerprint density at radius 1 is 1.41 bits per heavy atom. The van der Waals surface area contributed by atoms with Gasteiger partial charge in [-0.05, 0) is 25.7 Å². The quantitative estimate of drug-likeness (QED) is 0.845. The van der Waals surface area contributed by atoms with E-state index in [0.717, 1.165) is 5.16 Å². The van der Waals surface area contributed by atoms with E-state index >= 15 is 0 Å². The minimum atomic E-state index is -0.316. The summed E-state index contributed by atoms with van der Waals surface area (Å²) in [5.74, 6) is 0.272. The second-order valence-electron chi connectivity index (χ2n) is 6.20. The third-order valence-corrected chi connectivity index (χ3v) is 5.12. The molecule has 0 unspecified atom stereocenters. The third-order valence-electron chi connectivity index (χ3n) is 4.05. The highest BCUT2D eigenvalue weighted by Crippen LogP contribution is 2.41. The van der Waals surface area contributed by atoms with Gasteiger partial charge in [0.25, 0.3) is 0 Å². The average Bonchev–Trinajstić information content (AvgIpc) is 3.08. The third kappa shape index (κ3) is 2.86. The van der Waals surface area contributed by atoms with Crippen molar-refractivity contribution in [3.8, 4) is 0 Å². The molecule has 2 heterocycles. The predicted molar refractivity (Wildman–Crippen MR) is 85.0 cm³/mol. The first kappa shape index (κ1) is 15.4. The molecule has 1 saturated heterocycles. The molecule has 0 aromatic carbocycles. The number of urea groups is 1. The molecule has 1 N–H and O–H groups in total. The number of imidazole rings is 1. The molecule has 1 aliphatic heterocycles. The van der Waals surface area contributed by atoms with E-state index in [9.17, 15) is 9.59 Å². The van der Waals surface area contributed by atoms with Crippen molar-refractivity contribution in [1.29, 1.82) is 0 Å². The van der Waals surface area contributed by atoms with E-state index < -0.39 is 0 Å². The fourth-order valence-electron chi connectivity index (χ4n) is 2.68. The number of imide groups is 1. The first-order chi connectivity index (χ1) is 10.5. The average molecular weight is 322 g/mol. The number of aromatic nitrogens is 2. The van der Waals surface area contributed by atoms with Crippen LogP contribution in [0.15, 0.2) is 11.4 Å². The number of thioether (sulfide) groups is 1. The molecule has 1 atom stereocenters. The Morgan fingerprint density at radius 3 is 2.68 bits per heavy atom. The van der Waals surface area contributed by atoms with Crippen molar-refractivity contribution in [3.05, 3.63) is 11.9 Å². The number of hydrogen-bond acceptors (Lipinski definition) is 4. The van der Waals surface area contributed by atoms with Crippen molar-refractivity contribution in [2.24, 2.45) is 0 Å². The molecule has 2 aliphatic rings. The Bertz CT molecular complexity index is 594. The normalized spacial score (nSPS) is 19.6. The molecule has 3 amide bonds. The monoisotopic (exact) mass is 322 g/mol. The van der Waals surface area contributed by atoms with Crippen LogP contribution in [0.2, 0.25) is 0 Å². The molecular weight excluding hydrogens is 300 g/mol. The smallest absolute Gasteiger partial charge is 0.324 e. The highest BCUT2D eigenvalue weighted by molar-refractivity contribution is 8.00. The van der Waals surface area contributed by atoms with E-state index in [1.54, 1.807) is 0 Å². The molecule has 1 aromatic rings. The van der Waals surface area contributed by atoms with Gasteiger partial charge in [0.15, 0.2) is 5.16 Å². The number of nitrogens with one attached hydrogen (secondary N) is 1. The zero-order chi connectivity index (χ0) is 15.9. The predicted octanol–water partition coefficient (Wildman–Crippen LogP) is 2.37. The number of rotatable bonds is 5. The molecule has 0 radical (unpaired) electrons. The van der Waals surface area contributed by atoms with E-state index in [2.05, 4.69) is 28.7 Å². The highest BCUT2D eigenvalue weighted by Gasteiger charge is 2.33. The molecule has 120 valence electrons. The van der Waals surface area contributed by atoms with Gasteiger partial charge >= 0.3 is 6.03 Å². The maximum absolute atomic E-state index is 12.4. The van der Waals surface area contributed by atoms with Crippen molar-refractivity contribution in [2.75, 3.05) is 13.1 Å². The van der Waals surface area contributed by atoms with Gasteiger partial charge in [-0.2, -0.15) is 0 Å². The molecule has 6 nitrogen and oxygen atoms in total. The second-order valence-corrected chi connectivity index (χ2v) is 7.51. The number of carbonyl (C=O) groups is 2. The molecule has 0 bridgehead atoms. The van der Waals surface area contributed by atoms with Crippen LogP contribution in [0.25, 0.3) is 0 Å². The first-order valence-electron chi connectivity index (χ1n) is 7.82. The number of nitrogens with zero attached hydrogens (tertiary/aromatic N) is 3. The van der Waals surface area contributed by atoms with Gasteiger partial charge in [0.05, 0.1) is 5.25 Å². The van der Waals surface area contributed by atoms with Gasteiger partial charge < -0.3 is 9.88 Å². The Morgan fingerprint density at radius 2 is 2.14 bits per heavy atom. The number of carbonyl (C=O) groups excluding carboxylic acids is 2. The van der Waals surface area contributed by atoms with Crippen LogP contribution in [0.5, 0.6) is 0 Å². The van der Waals surface area contributed by atoms with E-state index in [-0.39, 0.29) is 17.2 Å². The summed E-state index contributed by atoms with van der Waals surface area (Å²) in [6.07, 6.45) is 4.28. The zero-order valence-electron chi connectivity index (χ0n) is 13.2. The van der Waals surface area contributed by atoms with Crippen LogP contribution >= 0.6 is 11.8 Å². The lowest BCUT2D eigenvalue weighted by Gasteiger charge is -2.18. The van der Waals surface area contributed by atoms with Crippen LogP contribution in [0.3, 0.4) is 0 Å². The molecular formula is C15H22N4O2S. The lowest BCUT2D eigenvalue weighted by molar-refractivity contribution is -0.126. The summed E-state index contributed by atoms with van der Waals surface area (Å²) in [5, 5.41) is 3.24. The van der Waals surface area contributed by atoms with E-state index in [1.165, 1.54) is 35.2 Å². The Balaban J connectivity index is 1.75. The van der Waals surface area contributed by atoms with Crippen LogP contribution in [0.4, 0.5) is 4.79 Å². The largest absolute Gasteiger partial charge is 0.336 e. The van der Waals surface area contributed by atoms with Gasteiger partial charge in [0.1, 0.15) is 0 Å². The van der Waals surface area contributed by atoms with Gasteiger partial charge in [-0.15, -0.1) is 0 Å². The Hall–Kier alpha value is -1.50. The lowest BCUT2D eigenvalue weighted by Crippen LogP contribution is -2.39. The van der Waals surface area contributed by atoms with Gasteiger partial charge in [-0.1, -0.05) is 25.6 Å². The molecule has 7 heteroatoms. The van der Waals surface area contributed by atoms with E-state index in [4.69, 9.17) is 0 Å². The van der Waals surface area contributed by atoms with Crippen LogP contribution in [0, 0.1) is 0 Å². The van der Waals surface area contributed by atoms with Crippen LogP contribution in [-0.4, -0.2) is 44.7 Å². The zero-order valence-corrected chi connectivity index (χ0v) is 14.0. The Labute approximate surface area is 134 Å². The first-order valence-corrected chi connectivity index (χ1v) is 8.70. The maximum Gasteiger partial charge on any atom is 0.324 e. The van der Waals surface area contributed by atoms with Crippen molar-refractivity contribution in [2.45, 2.75) is 56.0 Å². The highest BCUT2D eigenvalue weighted by atomic mass is 32.2. The number of hydrogen-bond donors (Lipinski definition) is 1. The van der Waals surface area contributed by atoms with Crippen LogP contribution in [-0.2, 0) is 4.79 Å². The maximum atomic E-state index is 12.4. The minimum Gasteiger partial charge on any atom is -0.336 e. The van der Waals surface area contributed by atoms with E-state index in [0.29, 0.717) is 25.0 Å². The Kier molecular flexibility index (Phi) is 4.16. The summed E-state index contributed by atoms with van der Waals surface area (Å²) in [6, 6.07) is 0.241. The summed E-state index contributed by atoms with van der Waals surface area (Å²) < 4.78 is 2.28. The summed E-state index contributed by atoms with van der Waals surface area (Å²) >= 11 is 1.45. The van der Waals surface area contributed by atoms with E-state index in [1.807, 2.05) is 13.1 Å². The molecule has 0 spiro atoms. The molecule has 2 fully saturated rings. The number of amides is 3. The summed E-state index contributed by atoms with van der Waals surface area (Å²) in [6.45, 7) is 7.16. The van der Waals surface area contributed by atoms with Gasteiger partial charge in [0.2, 0.25) is 5.91 Å². The van der Waals surface area contributed by atoms with Gasteiger partial charge in [-0.3, -0.25) is 9.69 Å². The lowest BCUT2D eigenvalue weighted by atomic mass is 10.1. The van der Waals surface area contributed by atoms with Crippen molar-refractivity contribution in [1.82, 2.24) is 19.8 Å². The van der Waals surface area contributed by atoms with Gasteiger partial charge in [-0.25, -0.2) is 9.78 Å². The van der Waals surface area contributed by atoms with Crippen molar-refractivity contribution < 1.29 is 9.59 Å². The van der Waals surface area contributed by atoms with Crippen molar-refractivity contribution in [3.63, 3.8) is 0 Å². The van der Waals surface area contributed by atoms with Gasteiger partial charge in [0, 0.05) is 31.0 Å². The standard InChI is InChI=1S/C15H22N4O2S/c1-9(2)12-8-17-15(19(12)11-4-5-11)22-10(3)13(20)18-7-6-16-14(18)21/h8-11H,4-7H2,1-3H3,(H,16,21)/t10-/m0/s1. The van der Waals surface area contributed by atoms with Crippen LogP contribution in [0.1, 0.15) is 51.3 Å². The molecule has 3 rings (SSSR count). The summed E-state index contributed by atoms with van der Waals surface area (Å²) in [4.78, 5) is 29.8. The molecule has 1 aliphatic carbocycles. The van der Waals surface area contributed by atoms with Crippen LogP contribution < -0.4 is 5.32 Å². The topological polar surface area (TPSA) is 67.2 Å². The fraction of sp³-hybridized carbons (Fsp3) is 0.667. The fourth-order valence-corrected chi connectivity index (χ4v) is 3.71. The minimum absolute atomic E-state index is 0.142. The molecule has 22 heavy (non-hydrogen) atoms. The summed E-state index contributed by atoms with van der Waals surface area (Å²) in [7, 11) is 0. The molecule has 1 aromatic heterocycles. The second kappa shape index (κ2) is 5.95. The van der Waals surface area contributed by atoms with Crippen molar-refractivity contribution >= 4 is 23.7 Å². The SMILES string of the molecule is CC(C)c1cnc(S[C@@H](C)C(=O)N2CCNC2=O)n1C1CC1. The molecule has 1 saturated carbocycles.